The SMILES string of the molecule is CC(C)c1c(-c2cc(Cl)ccc2F)sc(C(=O)O)c1N. The van der Waals surface area contributed by atoms with Gasteiger partial charge in [-0.25, -0.2) is 9.18 Å². The monoisotopic (exact) mass is 313 g/mol. The summed E-state index contributed by atoms with van der Waals surface area (Å²) in [5, 5.41) is 9.56. The Bertz CT molecular complexity index is 682. The number of hydrogen-bond acceptors (Lipinski definition) is 3. The van der Waals surface area contributed by atoms with Crippen molar-refractivity contribution < 1.29 is 14.3 Å². The van der Waals surface area contributed by atoms with E-state index in [1.165, 1.54) is 18.2 Å². The number of benzene rings is 1. The molecule has 0 saturated carbocycles. The molecule has 0 atom stereocenters. The van der Waals surface area contributed by atoms with Crippen molar-refractivity contribution in [1.82, 2.24) is 0 Å². The molecule has 0 saturated heterocycles. The third-order valence-electron chi connectivity index (χ3n) is 2.93. The minimum atomic E-state index is -1.11. The largest absolute Gasteiger partial charge is 0.477 e. The molecule has 0 aliphatic rings. The van der Waals surface area contributed by atoms with Crippen molar-refractivity contribution in [2.45, 2.75) is 19.8 Å². The molecule has 0 aliphatic heterocycles. The van der Waals surface area contributed by atoms with Crippen LogP contribution in [0.3, 0.4) is 0 Å². The third-order valence-corrected chi connectivity index (χ3v) is 4.41. The molecule has 1 aromatic carbocycles. The zero-order valence-corrected chi connectivity index (χ0v) is 12.5. The average molecular weight is 314 g/mol. The quantitative estimate of drug-likeness (QED) is 0.869. The fourth-order valence-corrected chi connectivity index (χ4v) is 3.47. The second-order valence-corrected chi connectivity index (χ2v) is 6.13. The Morgan fingerprint density at radius 1 is 1.45 bits per heavy atom. The Balaban J connectivity index is 2.76. The normalized spacial score (nSPS) is 11.1. The summed E-state index contributed by atoms with van der Waals surface area (Å²) in [7, 11) is 0. The van der Waals surface area contributed by atoms with Gasteiger partial charge in [0.15, 0.2) is 0 Å². The van der Waals surface area contributed by atoms with Gasteiger partial charge in [0.25, 0.3) is 0 Å². The number of nitrogens with two attached hydrogens (primary N) is 1. The lowest BCUT2D eigenvalue weighted by Crippen LogP contribution is -2.01. The number of thiophene rings is 1. The predicted octanol–water partition coefficient (Wildman–Crippen LogP) is 4.61. The maximum Gasteiger partial charge on any atom is 0.348 e. The van der Waals surface area contributed by atoms with E-state index in [1.807, 2.05) is 13.8 Å². The van der Waals surface area contributed by atoms with Gasteiger partial charge in [0.1, 0.15) is 10.7 Å². The second-order valence-electron chi connectivity index (χ2n) is 4.67. The number of nitrogen functional groups attached to an aromatic ring is 1. The number of aromatic carboxylic acids is 1. The Morgan fingerprint density at radius 2 is 2.10 bits per heavy atom. The molecule has 0 amide bonds. The van der Waals surface area contributed by atoms with Gasteiger partial charge in [-0.1, -0.05) is 25.4 Å². The van der Waals surface area contributed by atoms with Crippen molar-refractivity contribution in [3.63, 3.8) is 0 Å². The van der Waals surface area contributed by atoms with Gasteiger partial charge in [-0.05, 0) is 29.7 Å². The minimum absolute atomic E-state index is 0.0206. The topological polar surface area (TPSA) is 63.3 Å². The van der Waals surface area contributed by atoms with Crippen molar-refractivity contribution in [2.75, 3.05) is 5.73 Å². The molecule has 1 heterocycles. The lowest BCUT2D eigenvalue weighted by atomic mass is 9.98. The van der Waals surface area contributed by atoms with E-state index < -0.39 is 11.8 Å². The number of halogens is 2. The van der Waals surface area contributed by atoms with Crippen LogP contribution >= 0.6 is 22.9 Å². The number of carboxylic acids is 1. The molecule has 106 valence electrons. The summed E-state index contributed by atoms with van der Waals surface area (Å²) in [6, 6.07) is 4.20. The number of carboxylic acid groups (broad SMARTS) is 1. The van der Waals surface area contributed by atoms with Crippen LogP contribution in [0.25, 0.3) is 10.4 Å². The summed E-state index contributed by atoms with van der Waals surface area (Å²) in [5.41, 5.74) is 7.04. The van der Waals surface area contributed by atoms with Crippen molar-refractivity contribution in [1.29, 1.82) is 0 Å². The van der Waals surface area contributed by atoms with E-state index in [1.54, 1.807) is 0 Å². The number of hydrogen-bond donors (Lipinski definition) is 2. The van der Waals surface area contributed by atoms with E-state index in [0.717, 1.165) is 11.3 Å². The van der Waals surface area contributed by atoms with E-state index in [2.05, 4.69) is 0 Å². The third kappa shape index (κ3) is 2.51. The lowest BCUT2D eigenvalue weighted by Gasteiger charge is -2.10. The van der Waals surface area contributed by atoms with E-state index in [4.69, 9.17) is 22.4 Å². The molecular weight excluding hydrogens is 301 g/mol. The number of rotatable bonds is 3. The van der Waals surface area contributed by atoms with Crippen LogP contribution in [0.1, 0.15) is 35.0 Å². The fraction of sp³-hybridized carbons (Fsp3) is 0.214. The van der Waals surface area contributed by atoms with Crippen molar-refractivity contribution >= 4 is 34.6 Å². The lowest BCUT2D eigenvalue weighted by molar-refractivity contribution is 0.0703. The highest BCUT2D eigenvalue weighted by atomic mass is 35.5. The molecular formula is C14H13ClFNO2S. The van der Waals surface area contributed by atoms with Gasteiger partial charge in [0.05, 0.1) is 5.69 Å². The Labute approximate surface area is 124 Å². The van der Waals surface area contributed by atoms with Crippen LogP contribution < -0.4 is 5.73 Å². The zero-order chi connectivity index (χ0) is 15.0. The van der Waals surface area contributed by atoms with Crippen LogP contribution in [0.2, 0.25) is 5.02 Å². The minimum Gasteiger partial charge on any atom is -0.477 e. The first-order valence-corrected chi connectivity index (χ1v) is 7.13. The first-order valence-electron chi connectivity index (χ1n) is 5.93. The molecule has 0 aliphatic carbocycles. The summed E-state index contributed by atoms with van der Waals surface area (Å²) in [6.07, 6.45) is 0. The van der Waals surface area contributed by atoms with Gasteiger partial charge in [0.2, 0.25) is 0 Å². The van der Waals surface area contributed by atoms with Crippen molar-refractivity contribution in [3.05, 3.63) is 39.5 Å². The van der Waals surface area contributed by atoms with Crippen LogP contribution in [-0.4, -0.2) is 11.1 Å². The van der Waals surface area contributed by atoms with E-state index in [9.17, 15) is 9.18 Å². The van der Waals surface area contributed by atoms with Crippen LogP contribution in [0.5, 0.6) is 0 Å². The summed E-state index contributed by atoms with van der Waals surface area (Å²) in [5.74, 6) is -1.58. The van der Waals surface area contributed by atoms with Gasteiger partial charge in [-0.3, -0.25) is 0 Å². The second kappa shape index (κ2) is 5.42. The van der Waals surface area contributed by atoms with Crippen LogP contribution in [0.15, 0.2) is 18.2 Å². The maximum absolute atomic E-state index is 14.0. The van der Waals surface area contributed by atoms with E-state index >= 15 is 0 Å². The van der Waals surface area contributed by atoms with Gasteiger partial charge in [0, 0.05) is 15.5 Å². The molecule has 0 spiro atoms. The summed E-state index contributed by atoms with van der Waals surface area (Å²) in [6.45, 7) is 3.77. The predicted molar refractivity (Wildman–Crippen MR) is 80.2 cm³/mol. The van der Waals surface area contributed by atoms with Crippen molar-refractivity contribution in [2.24, 2.45) is 0 Å². The highest BCUT2D eigenvalue weighted by Gasteiger charge is 2.24. The molecule has 6 heteroatoms. The first-order chi connectivity index (χ1) is 9.32. The van der Waals surface area contributed by atoms with Crippen LogP contribution in [0.4, 0.5) is 10.1 Å². The average Bonchev–Trinajstić information content (AvgIpc) is 2.70. The number of carbonyl (C=O) groups is 1. The molecule has 0 radical (unpaired) electrons. The standard InChI is InChI=1S/C14H13ClFNO2S/c1-6(2)10-11(17)13(14(18)19)20-12(10)8-5-7(15)3-4-9(8)16/h3-6H,17H2,1-2H3,(H,18,19). The Morgan fingerprint density at radius 3 is 2.65 bits per heavy atom. The molecule has 3 nitrogen and oxygen atoms in total. The molecule has 0 fully saturated rings. The maximum atomic E-state index is 14.0. The molecule has 0 unspecified atom stereocenters. The molecule has 20 heavy (non-hydrogen) atoms. The highest BCUT2D eigenvalue weighted by Crippen LogP contribution is 2.43. The van der Waals surface area contributed by atoms with Crippen LogP contribution in [-0.2, 0) is 0 Å². The van der Waals surface area contributed by atoms with E-state index in [-0.39, 0.29) is 22.0 Å². The Kier molecular flexibility index (Phi) is 4.01. The summed E-state index contributed by atoms with van der Waals surface area (Å²) >= 11 is 6.87. The zero-order valence-electron chi connectivity index (χ0n) is 10.9. The van der Waals surface area contributed by atoms with Gasteiger partial charge in [-0.2, -0.15) is 0 Å². The van der Waals surface area contributed by atoms with E-state index in [0.29, 0.717) is 15.5 Å². The molecule has 1 aromatic heterocycles. The fourth-order valence-electron chi connectivity index (χ4n) is 2.06. The summed E-state index contributed by atoms with van der Waals surface area (Å²) < 4.78 is 14.0. The number of anilines is 1. The highest BCUT2D eigenvalue weighted by molar-refractivity contribution is 7.18. The van der Waals surface area contributed by atoms with Crippen molar-refractivity contribution in [3.8, 4) is 10.4 Å². The summed E-state index contributed by atoms with van der Waals surface area (Å²) in [4.78, 5) is 11.8. The molecule has 2 aromatic rings. The van der Waals surface area contributed by atoms with Crippen LogP contribution in [0, 0.1) is 5.82 Å². The molecule has 2 rings (SSSR count). The first kappa shape index (κ1) is 14.8. The van der Waals surface area contributed by atoms with Gasteiger partial charge in [-0.15, -0.1) is 11.3 Å². The molecule has 3 N–H and O–H groups in total. The van der Waals surface area contributed by atoms with Gasteiger partial charge >= 0.3 is 5.97 Å². The van der Waals surface area contributed by atoms with Gasteiger partial charge < -0.3 is 10.8 Å². The molecule has 0 bridgehead atoms. The Hall–Kier alpha value is -1.59. The smallest absolute Gasteiger partial charge is 0.348 e.